The molecule has 4 rings (SSSR count). The highest BCUT2D eigenvalue weighted by Crippen LogP contribution is 2.34. The van der Waals surface area contributed by atoms with E-state index in [1.807, 2.05) is 0 Å². The summed E-state index contributed by atoms with van der Waals surface area (Å²) in [5.41, 5.74) is 5.90. The topological polar surface area (TPSA) is 107 Å². The Labute approximate surface area is 236 Å². The molecular weight excluding hydrogens is 538 g/mol. The minimum Gasteiger partial charge on any atom is -0.496 e. The first-order valence-electron chi connectivity index (χ1n) is 11.9. The second-order valence-corrected chi connectivity index (χ2v) is 10.2. The van der Waals surface area contributed by atoms with Gasteiger partial charge in [-0.1, -0.05) is 35.4 Å². The number of aromatic nitrogens is 3. The molecule has 0 saturated heterocycles. The fraction of sp³-hybridized carbons (Fsp3) is 0.207. The maximum Gasteiger partial charge on any atom is 0.342 e. The average molecular weight is 566 g/mol. The second-order valence-electron chi connectivity index (χ2n) is 8.80. The number of nitrogens with zero attached hydrogens (tertiary/aromatic N) is 2. The summed E-state index contributed by atoms with van der Waals surface area (Å²) in [6.45, 7) is 6.60. The molecule has 0 saturated carbocycles. The second kappa shape index (κ2) is 12.3. The number of carboxylic acids is 1. The lowest BCUT2D eigenvalue weighted by Crippen LogP contribution is -2.03. The maximum atomic E-state index is 12.1. The van der Waals surface area contributed by atoms with Crippen LogP contribution in [0, 0.1) is 20.8 Å². The van der Waals surface area contributed by atoms with Crippen LogP contribution in [-0.2, 0) is 11.4 Å². The van der Waals surface area contributed by atoms with Crippen molar-refractivity contribution in [2.24, 2.45) is 0 Å². The van der Waals surface area contributed by atoms with Gasteiger partial charge >= 0.3 is 5.97 Å². The maximum absolute atomic E-state index is 12.1. The van der Waals surface area contributed by atoms with Crippen molar-refractivity contribution in [1.82, 2.24) is 15.2 Å². The molecular formula is C29H28ClN3O5S. The van der Waals surface area contributed by atoms with Crippen LogP contribution in [0.3, 0.4) is 0 Å². The van der Waals surface area contributed by atoms with Gasteiger partial charge < -0.3 is 19.3 Å². The molecule has 202 valence electrons. The van der Waals surface area contributed by atoms with Crippen molar-refractivity contribution >= 4 is 35.4 Å². The van der Waals surface area contributed by atoms with Gasteiger partial charge in [-0.15, -0.1) is 5.10 Å². The fourth-order valence-corrected chi connectivity index (χ4v) is 5.02. The number of hydrogen-bond acceptors (Lipinski definition) is 7. The van der Waals surface area contributed by atoms with Crippen LogP contribution in [0.25, 0.3) is 17.5 Å². The van der Waals surface area contributed by atoms with Gasteiger partial charge in [0, 0.05) is 5.02 Å². The van der Waals surface area contributed by atoms with Crippen LogP contribution in [0.15, 0.2) is 58.6 Å². The van der Waals surface area contributed by atoms with Gasteiger partial charge in [-0.3, -0.25) is 5.10 Å². The van der Waals surface area contributed by atoms with Crippen LogP contribution >= 0.6 is 23.4 Å². The van der Waals surface area contributed by atoms with Gasteiger partial charge in [0.05, 0.1) is 19.8 Å². The Balaban J connectivity index is 1.54. The van der Waals surface area contributed by atoms with Crippen molar-refractivity contribution in [2.75, 3.05) is 14.2 Å². The Morgan fingerprint density at radius 3 is 2.36 bits per heavy atom. The van der Waals surface area contributed by atoms with Crippen LogP contribution < -0.4 is 14.2 Å². The average Bonchev–Trinajstić information content (AvgIpc) is 3.36. The Bertz CT molecular complexity index is 1530. The molecule has 0 aliphatic carbocycles. The zero-order valence-corrected chi connectivity index (χ0v) is 23.7. The summed E-state index contributed by atoms with van der Waals surface area (Å²) in [4.78, 5) is 16.5. The molecule has 1 heterocycles. The number of thioether (sulfide) groups is 1. The number of nitrogens with one attached hydrogen (secondary N) is 1. The number of carboxylic acid groups (broad SMARTS) is 1. The van der Waals surface area contributed by atoms with Gasteiger partial charge in [0.25, 0.3) is 0 Å². The molecule has 8 nitrogen and oxygen atoms in total. The quantitative estimate of drug-likeness (QED) is 0.158. The van der Waals surface area contributed by atoms with Crippen LogP contribution in [0.5, 0.6) is 17.2 Å². The highest BCUT2D eigenvalue weighted by atomic mass is 35.5. The van der Waals surface area contributed by atoms with Crippen LogP contribution in [0.2, 0.25) is 5.02 Å². The molecule has 0 fully saturated rings. The van der Waals surface area contributed by atoms with E-state index in [9.17, 15) is 9.90 Å². The van der Waals surface area contributed by atoms with E-state index in [2.05, 4.69) is 48.1 Å². The normalized spacial score (nSPS) is 11.4. The van der Waals surface area contributed by atoms with E-state index in [4.69, 9.17) is 25.8 Å². The molecule has 0 spiro atoms. The van der Waals surface area contributed by atoms with Gasteiger partial charge in [0.15, 0.2) is 17.3 Å². The van der Waals surface area contributed by atoms with Crippen molar-refractivity contribution in [3.63, 3.8) is 0 Å². The molecule has 4 aromatic rings. The first kappa shape index (κ1) is 28.1. The Kier molecular flexibility index (Phi) is 8.83. The predicted molar refractivity (Wildman–Crippen MR) is 153 cm³/mol. The minimum atomic E-state index is -1.11. The monoisotopic (exact) mass is 565 g/mol. The minimum absolute atomic E-state index is 0.0280. The van der Waals surface area contributed by atoms with Crippen molar-refractivity contribution in [1.29, 1.82) is 0 Å². The standard InChI is InChI=1S/C29H28ClN3O5S/c1-16-10-17(2)22(18(3)11-16)15-38-24-8-6-19(12-25(24)37-5)13-26(28(34)35)39-29-31-27(32-33-29)21-14-20(30)7-9-23(21)36-4/h6-14H,15H2,1-5H3,(H,34,35)(H,31,32,33)/b26-13-. The number of rotatable bonds is 10. The fourth-order valence-electron chi connectivity index (χ4n) is 4.14. The number of halogens is 1. The number of carbonyl (C=O) groups is 1. The molecule has 0 radical (unpaired) electrons. The van der Waals surface area contributed by atoms with Crippen molar-refractivity contribution < 1.29 is 24.1 Å². The van der Waals surface area contributed by atoms with Crippen molar-refractivity contribution in [2.45, 2.75) is 32.5 Å². The summed E-state index contributed by atoms with van der Waals surface area (Å²) < 4.78 is 17.0. The molecule has 0 amide bonds. The molecule has 0 aliphatic rings. The molecule has 0 bridgehead atoms. The summed E-state index contributed by atoms with van der Waals surface area (Å²) >= 11 is 7.04. The van der Waals surface area contributed by atoms with E-state index in [0.717, 1.165) is 28.5 Å². The van der Waals surface area contributed by atoms with Crippen LogP contribution in [0.4, 0.5) is 0 Å². The predicted octanol–water partition coefficient (Wildman–Crippen LogP) is 6.86. The van der Waals surface area contributed by atoms with E-state index >= 15 is 0 Å². The smallest absolute Gasteiger partial charge is 0.342 e. The van der Waals surface area contributed by atoms with E-state index in [0.29, 0.717) is 45.8 Å². The Hall–Kier alpha value is -3.95. The molecule has 1 aromatic heterocycles. The molecule has 0 unspecified atom stereocenters. The summed E-state index contributed by atoms with van der Waals surface area (Å²) in [5.74, 6) is 0.907. The number of aromatic amines is 1. The zero-order chi connectivity index (χ0) is 28.1. The number of aliphatic carboxylic acids is 1. The Morgan fingerprint density at radius 1 is 1.00 bits per heavy atom. The zero-order valence-electron chi connectivity index (χ0n) is 22.2. The summed E-state index contributed by atoms with van der Waals surface area (Å²) in [7, 11) is 3.09. The summed E-state index contributed by atoms with van der Waals surface area (Å²) in [6.07, 6.45) is 1.53. The van der Waals surface area contributed by atoms with Gasteiger partial charge in [-0.2, -0.15) is 0 Å². The number of H-pyrrole nitrogens is 1. The number of hydrogen-bond donors (Lipinski definition) is 2. The Morgan fingerprint density at radius 2 is 1.69 bits per heavy atom. The van der Waals surface area contributed by atoms with E-state index in [-0.39, 0.29) is 10.1 Å². The number of methoxy groups -OCH3 is 2. The lowest BCUT2D eigenvalue weighted by molar-refractivity contribution is -0.131. The third-order valence-electron chi connectivity index (χ3n) is 5.99. The van der Waals surface area contributed by atoms with Crippen LogP contribution in [-0.4, -0.2) is 40.5 Å². The molecule has 10 heteroatoms. The molecule has 2 N–H and O–H groups in total. The van der Waals surface area contributed by atoms with E-state index in [1.165, 1.54) is 11.6 Å². The van der Waals surface area contributed by atoms with Gasteiger partial charge in [0.1, 0.15) is 17.3 Å². The summed E-state index contributed by atoms with van der Waals surface area (Å²) in [5, 5.41) is 17.6. The SMILES string of the molecule is COc1cc(/C=C(\Sc2n[nH]c(-c3cc(Cl)ccc3OC)n2)C(=O)O)ccc1OCc1c(C)cc(C)cc1C. The van der Waals surface area contributed by atoms with E-state index in [1.54, 1.807) is 50.6 Å². The van der Waals surface area contributed by atoms with E-state index < -0.39 is 5.97 Å². The summed E-state index contributed by atoms with van der Waals surface area (Å²) in [6, 6.07) is 14.7. The van der Waals surface area contributed by atoms with Crippen molar-refractivity contribution in [3.8, 4) is 28.6 Å². The van der Waals surface area contributed by atoms with Gasteiger partial charge in [-0.25, -0.2) is 9.78 Å². The number of aryl methyl sites for hydroxylation is 3. The third kappa shape index (κ3) is 6.74. The lowest BCUT2D eigenvalue weighted by atomic mass is 10.0. The van der Waals surface area contributed by atoms with Crippen molar-refractivity contribution in [3.05, 3.63) is 86.3 Å². The van der Waals surface area contributed by atoms with Crippen LogP contribution in [0.1, 0.15) is 27.8 Å². The highest BCUT2D eigenvalue weighted by Gasteiger charge is 2.17. The highest BCUT2D eigenvalue weighted by molar-refractivity contribution is 8.04. The lowest BCUT2D eigenvalue weighted by Gasteiger charge is -2.15. The van der Waals surface area contributed by atoms with Gasteiger partial charge in [0.2, 0.25) is 5.16 Å². The number of ether oxygens (including phenoxy) is 3. The molecule has 0 atom stereocenters. The third-order valence-corrected chi connectivity index (χ3v) is 7.10. The van der Waals surface area contributed by atoms with Gasteiger partial charge in [-0.05, 0) is 91.2 Å². The molecule has 3 aromatic carbocycles. The molecule has 0 aliphatic heterocycles. The molecule has 39 heavy (non-hydrogen) atoms. The number of benzene rings is 3. The largest absolute Gasteiger partial charge is 0.496 e. The first-order valence-corrected chi connectivity index (χ1v) is 13.1. The first-order chi connectivity index (χ1) is 18.7.